The van der Waals surface area contributed by atoms with Crippen LogP contribution in [-0.2, 0) is 19.1 Å². The molecule has 2 amide bonds. The Morgan fingerprint density at radius 2 is 2.12 bits per heavy atom. The maximum atomic E-state index is 11.1. The first-order chi connectivity index (χ1) is 7.61. The molecule has 0 radical (unpaired) electrons. The van der Waals surface area contributed by atoms with Gasteiger partial charge in [-0.3, -0.25) is 9.59 Å². The lowest BCUT2D eigenvalue weighted by atomic mass is 10.5. The summed E-state index contributed by atoms with van der Waals surface area (Å²) in [6.07, 6.45) is 0. The first-order valence-corrected chi connectivity index (χ1v) is 4.59. The molecule has 0 saturated carbocycles. The average molecular weight is 228 g/mol. The van der Waals surface area contributed by atoms with Gasteiger partial charge < -0.3 is 21.1 Å². The van der Waals surface area contributed by atoms with Crippen molar-refractivity contribution in [3.8, 4) is 0 Å². The van der Waals surface area contributed by atoms with Crippen LogP contribution in [0.3, 0.4) is 0 Å². The number of aliphatic imine (C=N–C) groups is 1. The van der Waals surface area contributed by atoms with Crippen molar-refractivity contribution in [1.82, 2.24) is 10.6 Å². The van der Waals surface area contributed by atoms with Crippen molar-refractivity contribution in [3.05, 3.63) is 0 Å². The lowest BCUT2D eigenvalue weighted by molar-refractivity contribution is -0.132. The van der Waals surface area contributed by atoms with Gasteiger partial charge in [0.1, 0.15) is 6.54 Å². The highest BCUT2D eigenvalue weighted by Gasteiger charge is 2.16. The number of ether oxygens (including phenoxy) is 1. The minimum Gasteiger partial charge on any atom is -0.409 e. The van der Waals surface area contributed by atoms with Gasteiger partial charge in [0.15, 0.2) is 0 Å². The molecule has 0 aromatic heterocycles. The number of nitrogens with one attached hydrogen (secondary N) is 2. The summed E-state index contributed by atoms with van der Waals surface area (Å²) in [6, 6.07) is 0. The topological polar surface area (TPSA) is 123 Å². The summed E-state index contributed by atoms with van der Waals surface area (Å²) in [5, 5.41) is 4.71. The van der Waals surface area contributed by atoms with Gasteiger partial charge in [-0.15, -0.1) is 0 Å². The number of hydrogen-bond acceptors (Lipinski definition) is 6. The van der Waals surface area contributed by atoms with Gasteiger partial charge in [0.2, 0.25) is 17.7 Å². The van der Waals surface area contributed by atoms with E-state index in [1.54, 1.807) is 0 Å². The predicted molar refractivity (Wildman–Crippen MR) is 53.5 cm³/mol. The molecule has 0 saturated heterocycles. The van der Waals surface area contributed by atoms with Gasteiger partial charge in [0, 0.05) is 0 Å². The van der Waals surface area contributed by atoms with Gasteiger partial charge in [0.25, 0.3) is 0 Å². The van der Waals surface area contributed by atoms with Crippen LogP contribution in [0, 0.1) is 0 Å². The number of cyclic esters (lactones) is 1. The zero-order valence-electron chi connectivity index (χ0n) is 8.49. The Bertz CT molecular complexity index is 339. The third-order valence-electron chi connectivity index (χ3n) is 1.68. The molecular formula is C8H12N4O4. The standard InChI is InChI=1S/C8H12N4O4/c9-1-5(13)10-2-6(14)11-3-7-12-4-8(15)16-7/h1-4,9H2,(H,10,13)(H,11,14). The van der Waals surface area contributed by atoms with E-state index in [0.29, 0.717) is 0 Å². The monoisotopic (exact) mass is 228 g/mol. The molecule has 1 rings (SSSR count). The molecule has 0 bridgehead atoms. The van der Waals surface area contributed by atoms with Crippen molar-refractivity contribution < 1.29 is 19.1 Å². The Balaban J connectivity index is 2.15. The average Bonchev–Trinajstić information content (AvgIpc) is 2.69. The number of esters is 1. The molecule has 1 heterocycles. The fourth-order valence-electron chi connectivity index (χ4n) is 0.928. The molecule has 8 heteroatoms. The molecule has 1 aliphatic heterocycles. The molecule has 0 spiro atoms. The van der Waals surface area contributed by atoms with Gasteiger partial charge in [-0.2, -0.15) is 0 Å². The van der Waals surface area contributed by atoms with Crippen molar-refractivity contribution in [2.75, 3.05) is 26.2 Å². The summed E-state index contributed by atoms with van der Waals surface area (Å²) in [4.78, 5) is 36.2. The number of hydrogen-bond donors (Lipinski definition) is 3. The minimum atomic E-state index is -0.444. The lowest BCUT2D eigenvalue weighted by Gasteiger charge is -2.05. The van der Waals surface area contributed by atoms with Crippen molar-refractivity contribution in [3.63, 3.8) is 0 Å². The van der Waals surface area contributed by atoms with E-state index in [-0.39, 0.29) is 32.1 Å². The minimum absolute atomic E-state index is 0.0187. The van der Waals surface area contributed by atoms with Crippen molar-refractivity contribution in [2.45, 2.75) is 0 Å². The van der Waals surface area contributed by atoms with Crippen molar-refractivity contribution >= 4 is 23.7 Å². The number of amides is 2. The third-order valence-corrected chi connectivity index (χ3v) is 1.68. The maximum Gasteiger partial charge on any atom is 0.334 e. The molecule has 1 aliphatic rings. The molecular weight excluding hydrogens is 216 g/mol. The van der Waals surface area contributed by atoms with Crippen LogP contribution in [-0.4, -0.2) is 49.9 Å². The second-order valence-corrected chi connectivity index (χ2v) is 2.94. The van der Waals surface area contributed by atoms with Crippen LogP contribution in [0.1, 0.15) is 0 Å². The van der Waals surface area contributed by atoms with E-state index in [4.69, 9.17) is 5.73 Å². The lowest BCUT2D eigenvalue weighted by Crippen LogP contribution is -2.41. The van der Waals surface area contributed by atoms with Crippen LogP contribution in [0.15, 0.2) is 4.99 Å². The van der Waals surface area contributed by atoms with E-state index in [1.807, 2.05) is 0 Å². The summed E-state index contributed by atoms with van der Waals surface area (Å²) in [7, 11) is 0. The van der Waals surface area contributed by atoms with Crippen LogP contribution in [0.5, 0.6) is 0 Å². The second-order valence-electron chi connectivity index (χ2n) is 2.94. The first kappa shape index (κ1) is 12.1. The van der Waals surface area contributed by atoms with E-state index in [0.717, 1.165) is 0 Å². The Morgan fingerprint density at radius 3 is 2.69 bits per heavy atom. The first-order valence-electron chi connectivity index (χ1n) is 4.59. The molecule has 0 aliphatic carbocycles. The molecule has 88 valence electrons. The van der Waals surface area contributed by atoms with Gasteiger partial charge in [-0.25, -0.2) is 9.79 Å². The molecule has 8 nitrogen and oxygen atoms in total. The van der Waals surface area contributed by atoms with Gasteiger partial charge >= 0.3 is 5.97 Å². The smallest absolute Gasteiger partial charge is 0.334 e. The van der Waals surface area contributed by atoms with E-state index < -0.39 is 17.8 Å². The van der Waals surface area contributed by atoms with Gasteiger partial charge in [0.05, 0.1) is 19.6 Å². The molecule has 0 atom stereocenters. The molecule has 0 aromatic carbocycles. The van der Waals surface area contributed by atoms with E-state index >= 15 is 0 Å². The Labute approximate surface area is 91.2 Å². The highest BCUT2D eigenvalue weighted by atomic mass is 16.6. The molecule has 0 aromatic rings. The second kappa shape index (κ2) is 5.81. The Kier molecular flexibility index (Phi) is 4.40. The Hall–Kier alpha value is -1.96. The summed E-state index contributed by atoms with van der Waals surface area (Å²) < 4.78 is 4.65. The zero-order chi connectivity index (χ0) is 12.0. The van der Waals surface area contributed by atoms with Crippen LogP contribution < -0.4 is 16.4 Å². The summed E-state index contributed by atoms with van der Waals surface area (Å²) in [5.74, 6) is -1.10. The molecule has 4 N–H and O–H groups in total. The van der Waals surface area contributed by atoms with Crippen LogP contribution >= 0.6 is 0 Å². The fraction of sp³-hybridized carbons (Fsp3) is 0.500. The molecule has 0 fully saturated rings. The normalized spacial score (nSPS) is 14.1. The largest absolute Gasteiger partial charge is 0.409 e. The van der Waals surface area contributed by atoms with Crippen molar-refractivity contribution in [2.24, 2.45) is 10.7 Å². The zero-order valence-corrected chi connectivity index (χ0v) is 8.49. The summed E-state index contributed by atoms with van der Waals surface area (Å²) in [6.45, 7) is -0.326. The SMILES string of the molecule is NCC(=O)NCC(=O)NCC1=NCC(=O)O1. The third kappa shape index (κ3) is 4.05. The highest BCUT2D eigenvalue weighted by molar-refractivity contribution is 5.97. The predicted octanol–water partition coefficient (Wildman–Crippen LogP) is -2.87. The van der Waals surface area contributed by atoms with E-state index in [9.17, 15) is 14.4 Å². The summed E-state index contributed by atoms with van der Waals surface area (Å²) in [5.41, 5.74) is 5.03. The van der Waals surface area contributed by atoms with E-state index in [1.165, 1.54) is 0 Å². The van der Waals surface area contributed by atoms with Crippen LogP contribution in [0.2, 0.25) is 0 Å². The fourth-order valence-corrected chi connectivity index (χ4v) is 0.928. The van der Waals surface area contributed by atoms with Crippen LogP contribution in [0.4, 0.5) is 0 Å². The number of rotatable bonds is 5. The van der Waals surface area contributed by atoms with Gasteiger partial charge in [-0.05, 0) is 0 Å². The Morgan fingerprint density at radius 1 is 1.38 bits per heavy atom. The highest BCUT2D eigenvalue weighted by Crippen LogP contribution is 1.94. The molecule has 16 heavy (non-hydrogen) atoms. The number of carbonyl (C=O) groups is 3. The number of nitrogens with two attached hydrogens (primary N) is 1. The summed E-state index contributed by atoms with van der Waals surface area (Å²) >= 11 is 0. The maximum absolute atomic E-state index is 11.1. The van der Waals surface area contributed by atoms with Crippen molar-refractivity contribution in [1.29, 1.82) is 0 Å². The van der Waals surface area contributed by atoms with Crippen LogP contribution in [0.25, 0.3) is 0 Å². The quantitative estimate of drug-likeness (QED) is 0.436. The molecule has 0 unspecified atom stereocenters. The number of carbonyl (C=O) groups excluding carboxylic acids is 3. The van der Waals surface area contributed by atoms with E-state index in [2.05, 4.69) is 20.4 Å². The van der Waals surface area contributed by atoms with Gasteiger partial charge in [-0.1, -0.05) is 0 Å². The number of nitrogens with zero attached hydrogens (tertiary/aromatic N) is 1.